The lowest BCUT2D eigenvalue weighted by Crippen LogP contribution is -2.22. The van der Waals surface area contributed by atoms with E-state index in [0.29, 0.717) is 12.6 Å². The number of rotatable bonds is 6. The fraction of sp³-hybridized carbons (Fsp3) is 0.333. The first-order valence-corrected chi connectivity index (χ1v) is 8.24. The second-order valence-corrected chi connectivity index (χ2v) is 6.52. The van der Waals surface area contributed by atoms with Crippen LogP contribution in [0.25, 0.3) is 0 Å². The van der Waals surface area contributed by atoms with Gasteiger partial charge in [0.05, 0.1) is 0 Å². The Bertz CT molecular complexity index is 596. The molecule has 0 amide bonds. The van der Waals surface area contributed by atoms with Gasteiger partial charge in [0.2, 0.25) is 0 Å². The second kappa shape index (κ2) is 7.62. The Labute approximate surface area is 131 Å². The zero-order valence-corrected chi connectivity index (χ0v) is 13.6. The van der Waals surface area contributed by atoms with E-state index in [1.54, 1.807) is 23.9 Å². The normalized spacial score (nSPS) is 11.1. The smallest absolute Gasteiger partial charge is 0.123 e. The molecule has 0 aromatic heterocycles. The number of hydrogen-bond donors (Lipinski definition) is 1. The van der Waals surface area contributed by atoms with Crippen molar-refractivity contribution in [2.45, 2.75) is 44.0 Å². The van der Waals surface area contributed by atoms with Gasteiger partial charge in [-0.1, -0.05) is 38.1 Å². The fourth-order valence-electron chi connectivity index (χ4n) is 2.07. The van der Waals surface area contributed by atoms with Crippen molar-refractivity contribution in [3.63, 3.8) is 0 Å². The Kier molecular flexibility index (Phi) is 5.83. The van der Waals surface area contributed by atoms with E-state index in [1.807, 2.05) is 6.07 Å². The van der Waals surface area contributed by atoms with Crippen molar-refractivity contribution in [2.24, 2.45) is 0 Å². The van der Waals surface area contributed by atoms with E-state index in [9.17, 15) is 4.39 Å². The molecular formula is C18H22FNS. The van der Waals surface area contributed by atoms with Crippen LogP contribution >= 0.6 is 11.8 Å². The van der Waals surface area contributed by atoms with Crippen LogP contribution < -0.4 is 5.32 Å². The first kappa shape index (κ1) is 16.1. The van der Waals surface area contributed by atoms with E-state index in [4.69, 9.17) is 0 Å². The molecule has 0 atom stereocenters. The van der Waals surface area contributed by atoms with Crippen molar-refractivity contribution < 1.29 is 4.39 Å². The molecule has 0 saturated carbocycles. The predicted octanol–water partition coefficient (Wildman–Crippen LogP) is 4.92. The van der Waals surface area contributed by atoms with Crippen LogP contribution in [0.2, 0.25) is 0 Å². The van der Waals surface area contributed by atoms with Crippen molar-refractivity contribution in [1.29, 1.82) is 0 Å². The molecule has 0 saturated heterocycles. The maximum Gasteiger partial charge on any atom is 0.123 e. The number of aryl methyl sites for hydroxylation is 1. The van der Waals surface area contributed by atoms with E-state index >= 15 is 0 Å². The first-order valence-electron chi connectivity index (χ1n) is 7.25. The maximum absolute atomic E-state index is 13.5. The molecule has 0 spiro atoms. The molecule has 3 heteroatoms. The van der Waals surface area contributed by atoms with Gasteiger partial charge in [0.1, 0.15) is 5.82 Å². The van der Waals surface area contributed by atoms with Gasteiger partial charge in [-0.3, -0.25) is 0 Å². The third-order valence-corrected chi connectivity index (χ3v) is 4.53. The van der Waals surface area contributed by atoms with Crippen molar-refractivity contribution >= 4 is 11.8 Å². The molecule has 1 N–H and O–H groups in total. The molecule has 2 rings (SSSR count). The number of hydrogen-bond acceptors (Lipinski definition) is 2. The summed E-state index contributed by atoms with van der Waals surface area (Å²) in [5, 5.41) is 3.36. The maximum atomic E-state index is 13.5. The van der Waals surface area contributed by atoms with Gasteiger partial charge in [0.25, 0.3) is 0 Å². The molecule has 1 nitrogen and oxygen atoms in total. The molecule has 0 aliphatic rings. The Morgan fingerprint density at radius 1 is 1.10 bits per heavy atom. The Hall–Kier alpha value is -1.32. The molecular weight excluding hydrogens is 281 g/mol. The summed E-state index contributed by atoms with van der Waals surface area (Å²) in [4.78, 5) is 1.15. The van der Waals surface area contributed by atoms with Gasteiger partial charge in [0, 0.05) is 23.2 Å². The van der Waals surface area contributed by atoms with Gasteiger partial charge < -0.3 is 5.32 Å². The number of thioether (sulfide) groups is 1. The molecule has 21 heavy (non-hydrogen) atoms. The SMILES string of the molecule is Cc1ccccc1CSc1ccc(F)cc1CNC(C)C. The lowest BCUT2D eigenvalue weighted by molar-refractivity contribution is 0.576. The number of halogens is 1. The van der Waals surface area contributed by atoms with Crippen LogP contribution in [-0.2, 0) is 12.3 Å². The van der Waals surface area contributed by atoms with Gasteiger partial charge in [0.15, 0.2) is 0 Å². The molecule has 0 heterocycles. The Morgan fingerprint density at radius 2 is 1.86 bits per heavy atom. The largest absolute Gasteiger partial charge is 0.310 e. The third-order valence-electron chi connectivity index (χ3n) is 3.37. The highest BCUT2D eigenvalue weighted by Gasteiger charge is 2.07. The molecule has 0 unspecified atom stereocenters. The van der Waals surface area contributed by atoms with Crippen LogP contribution in [0, 0.1) is 12.7 Å². The third kappa shape index (κ3) is 4.87. The van der Waals surface area contributed by atoms with E-state index in [0.717, 1.165) is 16.2 Å². The molecule has 0 radical (unpaired) electrons. The van der Waals surface area contributed by atoms with Crippen molar-refractivity contribution in [3.8, 4) is 0 Å². The minimum Gasteiger partial charge on any atom is -0.310 e. The van der Waals surface area contributed by atoms with E-state index in [2.05, 4.69) is 50.4 Å². The van der Waals surface area contributed by atoms with E-state index in [-0.39, 0.29) is 5.82 Å². The summed E-state index contributed by atoms with van der Waals surface area (Å²) >= 11 is 1.77. The van der Waals surface area contributed by atoms with Crippen molar-refractivity contribution in [3.05, 3.63) is 65.0 Å². The predicted molar refractivity (Wildman–Crippen MR) is 89.1 cm³/mol. The molecule has 2 aromatic carbocycles. The summed E-state index contributed by atoms with van der Waals surface area (Å²) in [7, 11) is 0. The molecule has 0 aliphatic heterocycles. The zero-order chi connectivity index (χ0) is 15.2. The standard InChI is InChI=1S/C18H22FNS/c1-13(2)20-11-16-10-17(19)8-9-18(16)21-12-15-7-5-4-6-14(15)3/h4-10,13,20H,11-12H2,1-3H3. The highest BCUT2D eigenvalue weighted by Crippen LogP contribution is 2.28. The fourth-order valence-corrected chi connectivity index (χ4v) is 3.18. The summed E-state index contributed by atoms with van der Waals surface area (Å²) in [6.45, 7) is 7.02. The quantitative estimate of drug-likeness (QED) is 0.760. The van der Waals surface area contributed by atoms with Crippen LogP contribution in [0.5, 0.6) is 0 Å². The summed E-state index contributed by atoms with van der Waals surface area (Å²) in [6.07, 6.45) is 0. The molecule has 0 fully saturated rings. The average Bonchev–Trinajstić information content (AvgIpc) is 2.45. The highest BCUT2D eigenvalue weighted by atomic mass is 32.2. The Balaban J connectivity index is 2.10. The van der Waals surface area contributed by atoms with Gasteiger partial charge in [-0.25, -0.2) is 4.39 Å². The summed E-state index contributed by atoms with van der Waals surface area (Å²) in [6, 6.07) is 13.8. The van der Waals surface area contributed by atoms with E-state index < -0.39 is 0 Å². The zero-order valence-electron chi connectivity index (χ0n) is 12.8. The number of benzene rings is 2. The molecule has 112 valence electrons. The van der Waals surface area contributed by atoms with Crippen LogP contribution in [0.1, 0.15) is 30.5 Å². The van der Waals surface area contributed by atoms with Gasteiger partial charge in [-0.2, -0.15) is 0 Å². The monoisotopic (exact) mass is 303 g/mol. The minimum atomic E-state index is -0.171. The summed E-state index contributed by atoms with van der Waals surface area (Å²) in [5.74, 6) is 0.739. The summed E-state index contributed by atoms with van der Waals surface area (Å²) < 4.78 is 13.5. The highest BCUT2D eigenvalue weighted by molar-refractivity contribution is 7.98. The van der Waals surface area contributed by atoms with Gasteiger partial charge in [-0.15, -0.1) is 11.8 Å². The molecule has 0 aliphatic carbocycles. The molecule has 2 aromatic rings. The second-order valence-electron chi connectivity index (χ2n) is 5.50. The lowest BCUT2D eigenvalue weighted by atomic mass is 10.1. The Morgan fingerprint density at radius 3 is 2.57 bits per heavy atom. The number of nitrogens with one attached hydrogen (secondary N) is 1. The van der Waals surface area contributed by atoms with Crippen LogP contribution in [-0.4, -0.2) is 6.04 Å². The van der Waals surface area contributed by atoms with E-state index in [1.165, 1.54) is 11.1 Å². The van der Waals surface area contributed by atoms with Crippen molar-refractivity contribution in [1.82, 2.24) is 5.32 Å². The molecule has 0 bridgehead atoms. The topological polar surface area (TPSA) is 12.0 Å². The van der Waals surface area contributed by atoms with Crippen LogP contribution in [0.4, 0.5) is 4.39 Å². The minimum absolute atomic E-state index is 0.171. The van der Waals surface area contributed by atoms with Crippen LogP contribution in [0.15, 0.2) is 47.4 Å². The van der Waals surface area contributed by atoms with Gasteiger partial charge >= 0.3 is 0 Å². The summed E-state index contributed by atoms with van der Waals surface area (Å²) in [5.41, 5.74) is 3.66. The van der Waals surface area contributed by atoms with Gasteiger partial charge in [-0.05, 0) is 41.8 Å². The van der Waals surface area contributed by atoms with Crippen LogP contribution in [0.3, 0.4) is 0 Å². The lowest BCUT2D eigenvalue weighted by Gasteiger charge is -2.13. The first-order chi connectivity index (χ1) is 10.1. The average molecular weight is 303 g/mol. The van der Waals surface area contributed by atoms with Crippen molar-refractivity contribution in [2.75, 3.05) is 0 Å².